The summed E-state index contributed by atoms with van der Waals surface area (Å²) < 4.78 is 55.6. The van der Waals surface area contributed by atoms with Crippen LogP contribution in [0.25, 0.3) is 22.9 Å². The van der Waals surface area contributed by atoms with Crippen LogP contribution in [0.15, 0.2) is 42.9 Å². The summed E-state index contributed by atoms with van der Waals surface area (Å²) in [5, 5.41) is 6.25. The number of imidazole rings is 1. The zero-order valence-electron chi connectivity index (χ0n) is 25.8. The van der Waals surface area contributed by atoms with E-state index in [0.717, 1.165) is 35.9 Å². The lowest BCUT2D eigenvalue weighted by Gasteiger charge is -2.40. The van der Waals surface area contributed by atoms with E-state index in [1.807, 2.05) is 29.9 Å². The Morgan fingerprint density at radius 1 is 1.05 bits per heavy atom. The highest BCUT2D eigenvalue weighted by atomic mass is 28.4. The maximum atomic E-state index is 13.2. The van der Waals surface area contributed by atoms with Gasteiger partial charge in [0.15, 0.2) is 23.1 Å². The first kappa shape index (κ1) is 30.7. The van der Waals surface area contributed by atoms with E-state index < -0.39 is 20.2 Å². The zero-order chi connectivity index (χ0) is 31.3. The van der Waals surface area contributed by atoms with Crippen molar-refractivity contribution in [3.8, 4) is 28.7 Å². The third kappa shape index (κ3) is 6.32. The second-order valence-corrected chi connectivity index (χ2v) is 17.3. The van der Waals surface area contributed by atoms with Gasteiger partial charge in [-0.2, -0.15) is 18.3 Å². The third-order valence-corrected chi connectivity index (χ3v) is 12.4. The Bertz CT molecular complexity index is 1600. The van der Waals surface area contributed by atoms with Gasteiger partial charge in [-0.1, -0.05) is 45.0 Å². The standard InChI is InChI=1S/C30H38F3N7O2Si/c1-19-15-35-40(22-13-14-22)25(19)26-34-16-23(41-6)28(37-26)39(42-43(7,8)29(2,3)4)17-20-9-11-21(12-10-20)27-36-24(18-38(27)5)30(31,32)33/h9-12,15-16,18,22H,13-14,17H2,1-8H3. The van der Waals surface area contributed by atoms with Gasteiger partial charge in [-0.05, 0) is 49.0 Å². The lowest BCUT2D eigenvalue weighted by molar-refractivity contribution is -0.140. The van der Waals surface area contributed by atoms with Gasteiger partial charge in [0.1, 0.15) is 11.5 Å². The summed E-state index contributed by atoms with van der Waals surface area (Å²) in [5.74, 6) is 1.72. The molecule has 3 heterocycles. The average Bonchev–Trinajstić information content (AvgIpc) is 3.58. The molecule has 1 saturated carbocycles. The van der Waals surface area contributed by atoms with Crippen molar-refractivity contribution in [2.24, 2.45) is 7.05 Å². The molecule has 43 heavy (non-hydrogen) atoms. The van der Waals surface area contributed by atoms with Crippen molar-refractivity contribution < 1.29 is 22.4 Å². The van der Waals surface area contributed by atoms with Crippen LogP contribution in [0.5, 0.6) is 5.75 Å². The molecule has 0 saturated heterocycles. The molecule has 1 aliphatic carbocycles. The number of hydrogen-bond donors (Lipinski definition) is 0. The lowest BCUT2D eigenvalue weighted by atomic mass is 10.1. The molecule has 9 nitrogen and oxygen atoms in total. The van der Waals surface area contributed by atoms with Crippen molar-refractivity contribution in [3.63, 3.8) is 0 Å². The summed E-state index contributed by atoms with van der Waals surface area (Å²) in [5.41, 5.74) is 2.38. The fourth-order valence-electron chi connectivity index (χ4n) is 4.48. The minimum atomic E-state index is -4.51. The number of aryl methyl sites for hydroxylation is 2. The van der Waals surface area contributed by atoms with E-state index in [0.29, 0.717) is 35.5 Å². The van der Waals surface area contributed by atoms with Crippen LogP contribution in [-0.4, -0.2) is 44.7 Å². The number of anilines is 1. The first-order valence-electron chi connectivity index (χ1n) is 14.2. The van der Waals surface area contributed by atoms with Crippen molar-refractivity contribution in [2.75, 3.05) is 12.2 Å². The van der Waals surface area contributed by atoms with Gasteiger partial charge >= 0.3 is 6.18 Å². The molecule has 0 N–H and O–H groups in total. The molecule has 1 aromatic carbocycles. The fourth-order valence-corrected chi connectivity index (χ4v) is 5.46. The van der Waals surface area contributed by atoms with Crippen molar-refractivity contribution in [3.05, 3.63) is 59.7 Å². The Labute approximate surface area is 250 Å². The molecule has 4 aromatic rings. The molecule has 0 atom stereocenters. The lowest BCUT2D eigenvalue weighted by Crippen LogP contribution is -2.47. The van der Waals surface area contributed by atoms with E-state index in [-0.39, 0.29) is 10.9 Å². The number of aromatic nitrogens is 6. The van der Waals surface area contributed by atoms with Gasteiger partial charge in [-0.15, -0.1) is 0 Å². The van der Waals surface area contributed by atoms with Crippen molar-refractivity contribution in [1.29, 1.82) is 0 Å². The number of alkyl halides is 3. The monoisotopic (exact) mass is 613 g/mol. The molecular formula is C30H38F3N7O2Si. The summed E-state index contributed by atoms with van der Waals surface area (Å²) in [6.07, 6.45) is 2.13. The Balaban J connectivity index is 1.53. The molecule has 3 aromatic heterocycles. The number of ether oxygens (including phenoxy) is 1. The SMILES string of the molecule is COc1cnc(-c2c(C)cnn2C2CC2)nc1N(Cc1ccc(-c2nc(C(F)(F)F)cn2C)cc1)O[Si](C)(C)C(C)(C)C. The number of halogens is 3. The van der Waals surface area contributed by atoms with Gasteiger partial charge in [0.2, 0.25) is 8.32 Å². The summed E-state index contributed by atoms with van der Waals surface area (Å²) in [4.78, 5) is 13.4. The maximum absolute atomic E-state index is 13.2. The third-order valence-electron chi connectivity index (χ3n) is 8.13. The van der Waals surface area contributed by atoms with Gasteiger partial charge < -0.3 is 13.8 Å². The molecule has 5 rings (SSSR count). The topological polar surface area (TPSA) is 83.1 Å². The molecule has 1 aliphatic rings. The van der Waals surface area contributed by atoms with E-state index in [4.69, 9.17) is 14.2 Å². The molecule has 0 spiro atoms. The highest BCUT2D eigenvalue weighted by Crippen LogP contribution is 2.41. The second-order valence-electron chi connectivity index (χ2n) is 12.6. The van der Waals surface area contributed by atoms with Crippen molar-refractivity contribution in [1.82, 2.24) is 29.3 Å². The van der Waals surface area contributed by atoms with Crippen LogP contribution in [0.1, 0.15) is 56.5 Å². The van der Waals surface area contributed by atoms with Crippen LogP contribution >= 0.6 is 0 Å². The Kier molecular flexibility index (Phi) is 7.93. The summed E-state index contributed by atoms with van der Waals surface area (Å²) in [7, 11) is 0.757. The van der Waals surface area contributed by atoms with Crippen LogP contribution in [0.3, 0.4) is 0 Å². The number of hydroxylamine groups is 1. The minimum absolute atomic E-state index is 0.103. The molecule has 0 amide bonds. The summed E-state index contributed by atoms with van der Waals surface area (Å²) >= 11 is 0. The van der Waals surface area contributed by atoms with Gasteiger partial charge in [0, 0.05) is 18.8 Å². The molecule has 13 heteroatoms. The van der Waals surface area contributed by atoms with Crippen molar-refractivity contribution in [2.45, 2.75) is 77.4 Å². The van der Waals surface area contributed by atoms with E-state index in [1.54, 1.807) is 37.6 Å². The summed E-state index contributed by atoms with van der Waals surface area (Å²) in [6, 6.07) is 7.60. The number of nitrogens with zero attached hydrogens (tertiary/aromatic N) is 7. The minimum Gasteiger partial charge on any atom is -0.491 e. The Morgan fingerprint density at radius 3 is 2.28 bits per heavy atom. The van der Waals surface area contributed by atoms with Crippen molar-refractivity contribution >= 4 is 14.1 Å². The maximum Gasteiger partial charge on any atom is 0.434 e. The predicted molar refractivity (Wildman–Crippen MR) is 161 cm³/mol. The van der Waals surface area contributed by atoms with Crippen LogP contribution in [0.4, 0.5) is 19.0 Å². The molecular weight excluding hydrogens is 575 g/mol. The Morgan fingerprint density at radius 2 is 1.72 bits per heavy atom. The van der Waals surface area contributed by atoms with E-state index in [9.17, 15) is 13.2 Å². The number of methoxy groups -OCH3 is 1. The first-order chi connectivity index (χ1) is 20.1. The molecule has 230 valence electrons. The van der Waals surface area contributed by atoms with Crippen LogP contribution in [-0.2, 0) is 24.3 Å². The molecule has 0 aliphatic heterocycles. The van der Waals surface area contributed by atoms with Crippen LogP contribution in [0.2, 0.25) is 18.1 Å². The quantitative estimate of drug-likeness (QED) is 0.144. The van der Waals surface area contributed by atoms with E-state index in [1.165, 1.54) is 4.57 Å². The average molecular weight is 614 g/mol. The number of rotatable bonds is 9. The largest absolute Gasteiger partial charge is 0.491 e. The van der Waals surface area contributed by atoms with Crippen LogP contribution < -0.4 is 9.80 Å². The molecule has 0 bridgehead atoms. The zero-order valence-corrected chi connectivity index (χ0v) is 26.8. The number of benzene rings is 1. The normalized spacial score (nSPS) is 14.3. The van der Waals surface area contributed by atoms with Gasteiger partial charge in [-0.3, -0.25) is 4.68 Å². The highest BCUT2D eigenvalue weighted by molar-refractivity contribution is 6.74. The summed E-state index contributed by atoms with van der Waals surface area (Å²) in [6.45, 7) is 13.1. The number of hydrogen-bond acceptors (Lipinski definition) is 7. The second kappa shape index (κ2) is 11.1. The molecule has 0 radical (unpaired) electrons. The smallest absolute Gasteiger partial charge is 0.434 e. The van der Waals surface area contributed by atoms with E-state index in [2.05, 4.69) is 48.9 Å². The highest BCUT2D eigenvalue weighted by Gasteiger charge is 2.41. The van der Waals surface area contributed by atoms with Gasteiger partial charge in [0.05, 0.1) is 32.1 Å². The van der Waals surface area contributed by atoms with Gasteiger partial charge in [0.25, 0.3) is 0 Å². The predicted octanol–water partition coefficient (Wildman–Crippen LogP) is 7.35. The first-order valence-corrected chi connectivity index (χ1v) is 17.1. The van der Waals surface area contributed by atoms with Gasteiger partial charge in [-0.25, -0.2) is 20.0 Å². The molecule has 0 unspecified atom stereocenters. The van der Waals surface area contributed by atoms with Crippen LogP contribution in [0, 0.1) is 6.92 Å². The Hall–Kier alpha value is -3.71. The molecule has 1 fully saturated rings. The fraction of sp³-hybridized carbons (Fsp3) is 0.467. The van der Waals surface area contributed by atoms with E-state index >= 15 is 0 Å².